The van der Waals surface area contributed by atoms with Gasteiger partial charge in [-0.3, -0.25) is 13.9 Å². The topological polar surface area (TPSA) is 89.9 Å². The van der Waals surface area contributed by atoms with E-state index in [1.807, 2.05) is 19.9 Å². The molecule has 2 heterocycles. The zero-order valence-corrected chi connectivity index (χ0v) is 15.7. The number of hydrogen-bond acceptors (Lipinski definition) is 5. The summed E-state index contributed by atoms with van der Waals surface area (Å²) in [6, 6.07) is 10.8. The fourth-order valence-electron chi connectivity index (χ4n) is 3.01. The van der Waals surface area contributed by atoms with Crippen LogP contribution >= 0.6 is 0 Å². The van der Waals surface area contributed by atoms with E-state index in [9.17, 15) is 14.9 Å². The third-order valence-corrected chi connectivity index (χ3v) is 4.32. The molecule has 7 nitrogen and oxygen atoms in total. The van der Waals surface area contributed by atoms with Gasteiger partial charge in [0.15, 0.2) is 0 Å². The van der Waals surface area contributed by atoms with Gasteiger partial charge in [0.05, 0.1) is 23.8 Å². The third kappa shape index (κ3) is 3.22. The number of fused-ring (bicyclic) bond motifs is 1. The summed E-state index contributed by atoms with van der Waals surface area (Å²) in [6.07, 6.45) is 0. The van der Waals surface area contributed by atoms with E-state index < -0.39 is 11.2 Å². The molecule has 0 radical (unpaired) electrons. The Kier molecular flexibility index (Phi) is 4.82. The summed E-state index contributed by atoms with van der Waals surface area (Å²) in [5.41, 5.74) is 0.758. The molecule has 0 saturated heterocycles. The fraction of sp³-hybridized carbons (Fsp3) is 0.300. The summed E-state index contributed by atoms with van der Waals surface area (Å²) in [6.45, 7) is 4.38. The lowest BCUT2D eigenvalue weighted by atomic mass is 10.0. The van der Waals surface area contributed by atoms with Crippen LogP contribution in [0.2, 0.25) is 0 Å². The molecule has 0 aliphatic rings. The Morgan fingerprint density at radius 1 is 1.26 bits per heavy atom. The summed E-state index contributed by atoms with van der Waals surface area (Å²) in [5, 5.41) is 9.85. The van der Waals surface area contributed by atoms with Crippen molar-refractivity contribution in [3.05, 3.63) is 56.7 Å². The molecule has 3 rings (SSSR count). The maximum atomic E-state index is 12.6. The number of aromatic nitrogens is 3. The summed E-state index contributed by atoms with van der Waals surface area (Å²) < 4.78 is 7.80. The monoisotopic (exact) mass is 364 g/mol. The van der Waals surface area contributed by atoms with Crippen LogP contribution in [0.1, 0.15) is 19.4 Å². The molecule has 0 N–H and O–H groups in total. The molecule has 3 aromatic rings. The number of pyridine rings is 1. The van der Waals surface area contributed by atoms with E-state index in [0.717, 1.165) is 4.57 Å². The molecule has 7 heteroatoms. The smallest absolute Gasteiger partial charge is 0.332 e. The Morgan fingerprint density at radius 2 is 2.00 bits per heavy atom. The number of nitriles is 1. The molecule has 0 amide bonds. The molecule has 1 aromatic carbocycles. The van der Waals surface area contributed by atoms with Gasteiger partial charge in [0.25, 0.3) is 5.56 Å². The zero-order chi connectivity index (χ0) is 19.7. The van der Waals surface area contributed by atoms with E-state index in [1.54, 1.807) is 25.3 Å². The Bertz CT molecular complexity index is 1180. The first-order valence-electron chi connectivity index (χ1n) is 8.56. The van der Waals surface area contributed by atoms with Gasteiger partial charge in [-0.15, -0.1) is 0 Å². The summed E-state index contributed by atoms with van der Waals surface area (Å²) in [7, 11) is 2.99. The predicted molar refractivity (Wildman–Crippen MR) is 103 cm³/mol. The van der Waals surface area contributed by atoms with Gasteiger partial charge in [0.2, 0.25) is 0 Å². The van der Waals surface area contributed by atoms with E-state index in [1.165, 1.54) is 17.7 Å². The molecule has 0 fully saturated rings. The molecular weight excluding hydrogens is 344 g/mol. The van der Waals surface area contributed by atoms with Gasteiger partial charge in [0, 0.05) is 19.2 Å². The van der Waals surface area contributed by atoms with Crippen molar-refractivity contribution < 1.29 is 4.74 Å². The first-order valence-corrected chi connectivity index (χ1v) is 8.56. The highest BCUT2D eigenvalue weighted by Crippen LogP contribution is 2.27. The molecule has 27 heavy (non-hydrogen) atoms. The second kappa shape index (κ2) is 7.08. The van der Waals surface area contributed by atoms with E-state index in [2.05, 4.69) is 11.1 Å². The van der Waals surface area contributed by atoms with Crippen LogP contribution in [0.3, 0.4) is 0 Å². The molecular formula is C20H20N4O3. The summed E-state index contributed by atoms with van der Waals surface area (Å²) in [4.78, 5) is 29.8. The maximum absolute atomic E-state index is 12.6. The lowest BCUT2D eigenvalue weighted by molar-refractivity contribution is 0.415. The zero-order valence-electron chi connectivity index (χ0n) is 15.7. The quantitative estimate of drug-likeness (QED) is 0.708. The Morgan fingerprint density at radius 3 is 2.63 bits per heavy atom. The maximum Gasteiger partial charge on any atom is 0.332 e. The molecule has 0 unspecified atom stereocenters. The molecule has 138 valence electrons. The minimum Gasteiger partial charge on any atom is -0.497 e. The van der Waals surface area contributed by atoms with Crippen LogP contribution in [0, 0.1) is 17.2 Å². The Labute approximate surface area is 156 Å². The van der Waals surface area contributed by atoms with Crippen LogP contribution in [0.4, 0.5) is 0 Å². The third-order valence-electron chi connectivity index (χ3n) is 4.32. The largest absolute Gasteiger partial charge is 0.497 e. The van der Waals surface area contributed by atoms with E-state index in [0.29, 0.717) is 23.6 Å². The second-order valence-corrected chi connectivity index (χ2v) is 6.75. The Hall–Kier alpha value is -3.40. The average Bonchev–Trinajstić information content (AvgIpc) is 2.68. The minimum atomic E-state index is -0.462. The van der Waals surface area contributed by atoms with Crippen molar-refractivity contribution in [2.75, 3.05) is 7.11 Å². The van der Waals surface area contributed by atoms with Gasteiger partial charge in [-0.25, -0.2) is 9.78 Å². The first kappa shape index (κ1) is 18.4. The van der Waals surface area contributed by atoms with E-state index in [4.69, 9.17) is 4.74 Å². The highest BCUT2D eigenvalue weighted by Gasteiger charge is 2.18. The van der Waals surface area contributed by atoms with Gasteiger partial charge >= 0.3 is 5.69 Å². The van der Waals surface area contributed by atoms with Gasteiger partial charge in [-0.1, -0.05) is 26.0 Å². The molecule has 0 spiro atoms. The van der Waals surface area contributed by atoms with E-state index >= 15 is 0 Å². The molecule has 0 aliphatic heterocycles. The Balaban J connectivity index is 2.43. The molecule has 2 aromatic heterocycles. The number of benzene rings is 1. The number of nitrogens with zero attached hydrogens (tertiary/aromatic N) is 4. The van der Waals surface area contributed by atoms with Crippen LogP contribution < -0.4 is 16.0 Å². The normalized spacial score (nSPS) is 11.0. The van der Waals surface area contributed by atoms with Gasteiger partial charge < -0.3 is 4.74 Å². The van der Waals surface area contributed by atoms with Crippen molar-refractivity contribution >= 4 is 11.0 Å². The lowest BCUT2D eigenvalue weighted by Gasteiger charge is -2.15. The molecule has 0 atom stereocenters. The minimum absolute atomic E-state index is 0.182. The van der Waals surface area contributed by atoms with Crippen LogP contribution in [0.5, 0.6) is 5.75 Å². The number of methoxy groups -OCH3 is 1. The fourth-order valence-corrected chi connectivity index (χ4v) is 3.01. The highest BCUT2D eigenvalue weighted by molar-refractivity contribution is 5.82. The van der Waals surface area contributed by atoms with Crippen LogP contribution in [-0.4, -0.2) is 21.2 Å². The average molecular weight is 364 g/mol. The summed E-state index contributed by atoms with van der Waals surface area (Å²) in [5.74, 6) is 0.808. The second-order valence-electron chi connectivity index (χ2n) is 6.75. The highest BCUT2D eigenvalue weighted by atomic mass is 16.5. The number of ether oxygens (including phenoxy) is 1. The van der Waals surface area contributed by atoms with Crippen molar-refractivity contribution in [3.63, 3.8) is 0 Å². The van der Waals surface area contributed by atoms with Crippen LogP contribution in [-0.2, 0) is 13.6 Å². The molecule has 0 aliphatic carbocycles. The van der Waals surface area contributed by atoms with Crippen molar-refractivity contribution in [3.8, 4) is 23.1 Å². The SMILES string of the molecule is COc1cccc(-c2nc3c(cc2C#N)c(=O)n(C)c(=O)n3CC(C)C)c1. The van der Waals surface area contributed by atoms with Crippen LogP contribution in [0.25, 0.3) is 22.3 Å². The van der Waals surface area contributed by atoms with Crippen molar-refractivity contribution in [1.29, 1.82) is 5.26 Å². The van der Waals surface area contributed by atoms with Gasteiger partial charge in [0.1, 0.15) is 17.5 Å². The standard InChI is InChI=1S/C20H20N4O3/c1-12(2)11-24-18-16(19(25)23(3)20(24)26)9-14(10-21)17(22-18)13-6-5-7-15(8-13)27-4/h5-9,12H,11H2,1-4H3. The molecule has 0 bridgehead atoms. The number of hydrogen-bond donors (Lipinski definition) is 0. The van der Waals surface area contributed by atoms with Gasteiger partial charge in [-0.05, 0) is 24.1 Å². The van der Waals surface area contributed by atoms with Crippen molar-refractivity contribution in [2.24, 2.45) is 13.0 Å². The first-order chi connectivity index (χ1) is 12.9. The van der Waals surface area contributed by atoms with Crippen molar-refractivity contribution in [2.45, 2.75) is 20.4 Å². The van der Waals surface area contributed by atoms with Crippen molar-refractivity contribution in [1.82, 2.24) is 14.1 Å². The van der Waals surface area contributed by atoms with Gasteiger partial charge in [-0.2, -0.15) is 5.26 Å². The number of rotatable bonds is 4. The van der Waals surface area contributed by atoms with Crippen LogP contribution in [0.15, 0.2) is 39.9 Å². The lowest BCUT2D eigenvalue weighted by Crippen LogP contribution is -2.39. The summed E-state index contributed by atoms with van der Waals surface area (Å²) >= 11 is 0. The predicted octanol–water partition coefficient (Wildman–Crippen LogP) is 2.30. The molecule has 0 saturated carbocycles. The van der Waals surface area contributed by atoms with E-state index in [-0.39, 0.29) is 22.5 Å².